The normalized spacial score (nSPS) is 23.2. The van der Waals surface area contributed by atoms with Crippen molar-refractivity contribution in [3.05, 3.63) is 66.2 Å². The lowest BCUT2D eigenvalue weighted by atomic mass is 10.0. The van der Waals surface area contributed by atoms with E-state index in [1.807, 2.05) is 49.1 Å². The molecule has 3 aromatic rings. The number of hydrogen-bond acceptors (Lipinski definition) is 3. The van der Waals surface area contributed by atoms with Gasteiger partial charge in [0.1, 0.15) is 7.14 Å². The standard InChI is InChI=1S/C26H30N2O2P2/c1-6-27(7-2)32(30)23-15-11-9-13-21(23)28-20-12-8-10-14-22(20)31(5,29)24-16-19(18(3)4)17-25(32)26(24)28/h8-18H,6-7H2,1-5H3. The Bertz CT molecular complexity index is 1330. The van der Waals surface area contributed by atoms with E-state index in [2.05, 4.69) is 55.5 Å². The van der Waals surface area contributed by atoms with Gasteiger partial charge >= 0.3 is 0 Å². The molecule has 2 aliphatic rings. The highest BCUT2D eigenvalue weighted by molar-refractivity contribution is 7.80. The molecule has 0 N–H and O–H groups in total. The number of rotatable bonds is 4. The molecule has 0 spiro atoms. The zero-order valence-electron chi connectivity index (χ0n) is 19.4. The van der Waals surface area contributed by atoms with E-state index >= 15 is 4.57 Å². The summed E-state index contributed by atoms with van der Waals surface area (Å²) in [5, 5.41) is 3.40. The van der Waals surface area contributed by atoms with Crippen LogP contribution in [0.3, 0.4) is 0 Å². The second kappa shape index (κ2) is 7.45. The Hall–Kier alpha value is -2.12. The lowest BCUT2D eigenvalue weighted by molar-refractivity contribution is 0.458. The van der Waals surface area contributed by atoms with Gasteiger partial charge in [0.15, 0.2) is 0 Å². The zero-order valence-corrected chi connectivity index (χ0v) is 21.2. The number of nitrogens with zero attached hydrogens (tertiary/aromatic N) is 2. The fourth-order valence-electron chi connectivity index (χ4n) is 5.22. The second-order valence-corrected chi connectivity index (χ2v) is 14.5. The van der Waals surface area contributed by atoms with Gasteiger partial charge in [-0.25, -0.2) is 4.67 Å². The van der Waals surface area contributed by atoms with Gasteiger partial charge in [0.05, 0.1) is 27.7 Å². The molecular weight excluding hydrogens is 434 g/mol. The lowest BCUT2D eigenvalue weighted by Gasteiger charge is -2.46. The molecule has 2 aliphatic heterocycles. The Labute approximate surface area is 191 Å². The summed E-state index contributed by atoms with van der Waals surface area (Å²) >= 11 is 0. The molecule has 0 saturated heterocycles. The van der Waals surface area contributed by atoms with Crippen LogP contribution in [0.15, 0.2) is 60.7 Å². The maximum Gasteiger partial charge on any atom is 0.211 e. The summed E-state index contributed by atoms with van der Waals surface area (Å²) in [6, 6.07) is 20.3. The van der Waals surface area contributed by atoms with Crippen LogP contribution in [-0.4, -0.2) is 24.4 Å². The Morgan fingerprint density at radius 3 is 1.94 bits per heavy atom. The van der Waals surface area contributed by atoms with Crippen LogP contribution in [0.1, 0.15) is 39.2 Å². The van der Waals surface area contributed by atoms with Crippen molar-refractivity contribution in [2.24, 2.45) is 0 Å². The van der Waals surface area contributed by atoms with Crippen LogP contribution in [0.5, 0.6) is 0 Å². The Morgan fingerprint density at radius 2 is 1.34 bits per heavy atom. The molecule has 0 amide bonds. The molecule has 2 unspecified atom stereocenters. The summed E-state index contributed by atoms with van der Waals surface area (Å²) < 4.78 is 31.7. The van der Waals surface area contributed by atoms with E-state index in [9.17, 15) is 4.57 Å². The third-order valence-electron chi connectivity index (χ3n) is 6.93. The summed E-state index contributed by atoms with van der Waals surface area (Å²) in [6.07, 6.45) is 0. The predicted octanol–water partition coefficient (Wildman–Crippen LogP) is 5.42. The second-order valence-electron chi connectivity index (χ2n) is 9.01. The van der Waals surface area contributed by atoms with Crippen LogP contribution in [-0.2, 0) is 9.13 Å². The highest BCUT2D eigenvalue weighted by atomic mass is 31.2. The van der Waals surface area contributed by atoms with Gasteiger partial charge < -0.3 is 9.46 Å². The molecule has 6 heteroatoms. The van der Waals surface area contributed by atoms with E-state index < -0.39 is 14.4 Å². The van der Waals surface area contributed by atoms with Crippen molar-refractivity contribution < 1.29 is 9.13 Å². The summed E-state index contributed by atoms with van der Waals surface area (Å²) in [4.78, 5) is 2.21. The van der Waals surface area contributed by atoms with E-state index in [1.165, 1.54) is 0 Å². The summed E-state index contributed by atoms with van der Waals surface area (Å²) in [6.45, 7) is 11.7. The van der Waals surface area contributed by atoms with Crippen molar-refractivity contribution in [3.63, 3.8) is 0 Å². The highest BCUT2D eigenvalue weighted by Crippen LogP contribution is 2.61. The van der Waals surface area contributed by atoms with Gasteiger partial charge in [-0.3, -0.25) is 4.57 Å². The van der Waals surface area contributed by atoms with Gasteiger partial charge in [-0.1, -0.05) is 52.0 Å². The first-order chi connectivity index (χ1) is 15.3. The van der Waals surface area contributed by atoms with Crippen molar-refractivity contribution in [2.45, 2.75) is 33.6 Å². The number of benzene rings is 3. The van der Waals surface area contributed by atoms with Gasteiger partial charge in [-0.15, -0.1) is 0 Å². The smallest absolute Gasteiger partial charge is 0.211 e. The summed E-state index contributed by atoms with van der Waals surface area (Å²) in [7, 11) is -5.98. The average Bonchev–Trinajstić information content (AvgIpc) is 2.79. The highest BCUT2D eigenvalue weighted by Gasteiger charge is 2.49. The fraction of sp³-hybridized carbons (Fsp3) is 0.308. The number of fused-ring (bicyclic) bond motifs is 4. The third-order valence-corrected chi connectivity index (χ3v) is 12.9. The summed E-state index contributed by atoms with van der Waals surface area (Å²) in [5.74, 6) is 0.240. The molecule has 0 radical (unpaired) electrons. The molecule has 5 rings (SSSR count). The van der Waals surface area contributed by atoms with Crippen molar-refractivity contribution in [2.75, 3.05) is 24.7 Å². The van der Waals surface area contributed by atoms with E-state index in [4.69, 9.17) is 0 Å². The molecule has 0 saturated carbocycles. The SMILES string of the molecule is CCN(CC)P1(=O)c2ccccc2N2c3ccccc3P(C)(=O)c3cc(C(C)C)cc1c32. The molecule has 0 aliphatic carbocycles. The largest absolute Gasteiger partial charge is 0.314 e. The van der Waals surface area contributed by atoms with Gasteiger partial charge in [0.25, 0.3) is 0 Å². The van der Waals surface area contributed by atoms with Crippen LogP contribution >= 0.6 is 14.4 Å². The molecule has 4 nitrogen and oxygen atoms in total. The molecule has 3 aromatic carbocycles. The van der Waals surface area contributed by atoms with Gasteiger partial charge in [0, 0.05) is 23.7 Å². The van der Waals surface area contributed by atoms with Crippen LogP contribution < -0.4 is 26.1 Å². The quantitative estimate of drug-likeness (QED) is 0.484. The lowest BCUT2D eigenvalue weighted by Crippen LogP contribution is -2.46. The molecule has 166 valence electrons. The van der Waals surface area contributed by atoms with Crippen molar-refractivity contribution in [1.82, 2.24) is 4.67 Å². The van der Waals surface area contributed by atoms with Crippen LogP contribution in [0, 0.1) is 0 Å². The Balaban J connectivity index is 2.00. The van der Waals surface area contributed by atoms with E-state index in [0.29, 0.717) is 13.1 Å². The van der Waals surface area contributed by atoms with Crippen LogP contribution in [0.25, 0.3) is 0 Å². The molecule has 32 heavy (non-hydrogen) atoms. The first kappa shape index (κ1) is 21.7. The van der Waals surface area contributed by atoms with E-state index in [1.54, 1.807) is 0 Å². The minimum atomic E-state index is -3.11. The number of anilines is 3. The third kappa shape index (κ3) is 2.73. The summed E-state index contributed by atoms with van der Waals surface area (Å²) in [5.41, 5.74) is 3.82. The fourth-order valence-corrected chi connectivity index (χ4v) is 10.8. The van der Waals surface area contributed by atoms with Gasteiger partial charge in [-0.05, 0) is 54.5 Å². The minimum absolute atomic E-state index is 0.240. The van der Waals surface area contributed by atoms with Crippen molar-refractivity contribution in [3.8, 4) is 0 Å². The van der Waals surface area contributed by atoms with Crippen LogP contribution in [0.4, 0.5) is 17.1 Å². The maximum atomic E-state index is 15.2. The van der Waals surface area contributed by atoms with Crippen molar-refractivity contribution in [1.29, 1.82) is 0 Å². The Morgan fingerprint density at radius 1 is 0.812 bits per heavy atom. The predicted molar refractivity (Wildman–Crippen MR) is 138 cm³/mol. The first-order valence-corrected chi connectivity index (χ1v) is 15.2. The first-order valence-electron chi connectivity index (χ1n) is 11.4. The molecule has 0 aromatic heterocycles. The number of para-hydroxylation sites is 2. The molecule has 0 fully saturated rings. The molecule has 2 atom stereocenters. The van der Waals surface area contributed by atoms with Gasteiger partial charge in [-0.2, -0.15) is 0 Å². The van der Waals surface area contributed by atoms with Gasteiger partial charge in [0.2, 0.25) is 7.29 Å². The number of hydrogen-bond donors (Lipinski definition) is 0. The maximum absolute atomic E-state index is 15.2. The molecule has 0 bridgehead atoms. The van der Waals surface area contributed by atoms with Crippen LogP contribution in [0.2, 0.25) is 0 Å². The van der Waals surface area contributed by atoms with Crippen molar-refractivity contribution >= 4 is 52.7 Å². The average molecular weight is 464 g/mol. The van der Waals surface area contributed by atoms with E-state index in [0.717, 1.165) is 43.8 Å². The Kier molecular flexibility index (Phi) is 5.06. The minimum Gasteiger partial charge on any atom is -0.314 e. The molecule has 2 heterocycles. The zero-order chi connectivity index (χ0) is 22.8. The molecular formula is C26H30N2O2P2. The van der Waals surface area contributed by atoms with E-state index in [-0.39, 0.29) is 5.92 Å². The topological polar surface area (TPSA) is 40.6 Å². The monoisotopic (exact) mass is 464 g/mol.